The molecule has 2 aromatic rings. The molecule has 0 aliphatic heterocycles. The van der Waals surface area contributed by atoms with Gasteiger partial charge in [-0.3, -0.25) is 4.90 Å². The second-order valence-electron chi connectivity index (χ2n) is 5.69. The van der Waals surface area contributed by atoms with Gasteiger partial charge in [-0.2, -0.15) is 0 Å². The van der Waals surface area contributed by atoms with E-state index in [2.05, 4.69) is 42.0 Å². The molecule has 1 aromatic carbocycles. The SMILES string of the molecule is C=CCOc1ccc(CN(C)C(C)c2ccncn2)c(OCC=C)c1. The van der Waals surface area contributed by atoms with E-state index < -0.39 is 0 Å². The van der Waals surface area contributed by atoms with E-state index >= 15 is 0 Å². The zero-order valence-electron chi connectivity index (χ0n) is 14.9. The Hall–Kier alpha value is -2.66. The first-order valence-electron chi connectivity index (χ1n) is 8.22. The highest BCUT2D eigenvalue weighted by Gasteiger charge is 2.15. The Labute approximate surface area is 149 Å². The highest BCUT2D eigenvalue weighted by atomic mass is 16.5. The zero-order chi connectivity index (χ0) is 18.1. The lowest BCUT2D eigenvalue weighted by molar-refractivity contribution is 0.242. The van der Waals surface area contributed by atoms with Gasteiger partial charge in [0.2, 0.25) is 0 Å². The van der Waals surface area contributed by atoms with Gasteiger partial charge in [0.1, 0.15) is 31.0 Å². The Morgan fingerprint density at radius 3 is 2.60 bits per heavy atom. The van der Waals surface area contributed by atoms with Crippen molar-refractivity contribution >= 4 is 0 Å². The van der Waals surface area contributed by atoms with Crippen molar-refractivity contribution in [2.24, 2.45) is 0 Å². The molecule has 0 radical (unpaired) electrons. The van der Waals surface area contributed by atoms with Crippen LogP contribution in [0.3, 0.4) is 0 Å². The van der Waals surface area contributed by atoms with Crippen LogP contribution >= 0.6 is 0 Å². The molecule has 0 N–H and O–H groups in total. The molecule has 0 bridgehead atoms. The van der Waals surface area contributed by atoms with E-state index in [0.717, 1.165) is 29.3 Å². The summed E-state index contributed by atoms with van der Waals surface area (Å²) >= 11 is 0. The number of hydrogen-bond acceptors (Lipinski definition) is 5. The lowest BCUT2D eigenvalue weighted by atomic mass is 10.1. The summed E-state index contributed by atoms with van der Waals surface area (Å²) < 4.78 is 11.4. The molecular weight excluding hydrogens is 314 g/mol. The molecule has 0 aliphatic rings. The highest BCUT2D eigenvalue weighted by molar-refractivity contribution is 5.41. The average Bonchev–Trinajstić information content (AvgIpc) is 2.66. The molecule has 1 aromatic heterocycles. The maximum atomic E-state index is 5.82. The zero-order valence-corrected chi connectivity index (χ0v) is 14.9. The second kappa shape index (κ2) is 9.59. The summed E-state index contributed by atoms with van der Waals surface area (Å²) in [6.07, 6.45) is 6.78. The number of rotatable bonds is 10. The van der Waals surface area contributed by atoms with Crippen LogP contribution in [0.2, 0.25) is 0 Å². The minimum Gasteiger partial charge on any atom is -0.489 e. The molecular formula is C20H25N3O2. The van der Waals surface area contributed by atoms with Crippen molar-refractivity contribution in [3.8, 4) is 11.5 Å². The molecule has 1 atom stereocenters. The van der Waals surface area contributed by atoms with Crippen molar-refractivity contribution in [3.05, 3.63) is 73.4 Å². The number of benzene rings is 1. The third-order valence-electron chi connectivity index (χ3n) is 3.88. The van der Waals surface area contributed by atoms with Crippen molar-refractivity contribution < 1.29 is 9.47 Å². The molecule has 0 spiro atoms. The molecule has 0 amide bonds. The first kappa shape index (κ1) is 18.7. The summed E-state index contributed by atoms with van der Waals surface area (Å²) in [5.74, 6) is 1.55. The normalized spacial score (nSPS) is 11.8. The summed E-state index contributed by atoms with van der Waals surface area (Å²) in [4.78, 5) is 10.5. The number of ether oxygens (including phenoxy) is 2. The van der Waals surface area contributed by atoms with Crippen molar-refractivity contribution in [1.82, 2.24) is 14.9 Å². The summed E-state index contributed by atoms with van der Waals surface area (Å²) in [6, 6.07) is 7.98. The number of aromatic nitrogens is 2. The maximum absolute atomic E-state index is 5.82. The maximum Gasteiger partial charge on any atom is 0.127 e. The Morgan fingerprint density at radius 1 is 1.16 bits per heavy atom. The van der Waals surface area contributed by atoms with E-state index in [1.54, 1.807) is 24.7 Å². The van der Waals surface area contributed by atoms with Crippen LogP contribution in [0.15, 0.2) is 62.1 Å². The van der Waals surface area contributed by atoms with Gasteiger partial charge in [-0.15, -0.1) is 0 Å². The quantitative estimate of drug-likeness (QED) is 0.616. The molecule has 0 fully saturated rings. The van der Waals surface area contributed by atoms with Crippen molar-refractivity contribution in [3.63, 3.8) is 0 Å². The van der Waals surface area contributed by atoms with Crippen LogP contribution in [0.5, 0.6) is 11.5 Å². The molecule has 0 aliphatic carbocycles. The van der Waals surface area contributed by atoms with Crippen LogP contribution in [0.4, 0.5) is 0 Å². The standard InChI is InChI=1S/C20H25N3O2/c1-5-11-24-18-8-7-17(20(13-18)25-12-6-2)14-23(4)16(3)19-9-10-21-15-22-19/h5-10,13,15-16H,1-2,11-12,14H2,3-4H3. The lowest BCUT2D eigenvalue weighted by Crippen LogP contribution is -2.23. The van der Waals surface area contributed by atoms with Gasteiger partial charge < -0.3 is 9.47 Å². The molecule has 1 unspecified atom stereocenters. The Bertz CT molecular complexity index is 689. The topological polar surface area (TPSA) is 47.5 Å². The molecule has 0 saturated carbocycles. The van der Waals surface area contributed by atoms with Crippen molar-refractivity contribution in [2.45, 2.75) is 19.5 Å². The van der Waals surface area contributed by atoms with E-state index in [9.17, 15) is 0 Å². The van der Waals surface area contributed by atoms with Crippen LogP contribution in [0.25, 0.3) is 0 Å². The van der Waals surface area contributed by atoms with Crippen molar-refractivity contribution in [2.75, 3.05) is 20.3 Å². The monoisotopic (exact) mass is 339 g/mol. The first-order valence-corrected chi connectivity index (χ1v) is 8.22. The van der Waals surface area contributed by atoms with Gasteiger partial charge in [0.25, 0.3) is 0 Å². The summed E-state index contributed by atoms with van der Waals surface area (Å²) in [6.45, 7) is 11.1. The molecule has 5 nitrogen and oxygen atoms in total. The Kier molecular flexibility index (Phi) is 7.16. The van der Waals surface area contributed by atoms with Crippen LogP contribution in [0, 0.1) is 0 Å². The summed E-state index contributed by atoms with van der Waals surface area (Å²) in [5, 5.41) is 0. The largest absolute Gasteiger partial charge is 0.489 e. The number of nitrogens with zero attached hydrogens (tertiary/aromatic N) is 3. The minimum absolute atomic E-state index is 0.159. The lowest BCUT2D eigenvalue weighted by Gasteiger charge is -2.25. The van der Waals surface area contributed by atoms with Crippen LogP contribution in [-0.4, -0.2) is 35.1 Å². The van der Waals surface area contributed by atoms with Gasteiger partial charge in [-0.25, -0.2) is 9.97 Å². The van der Waals surface area contributed by atoms with Crippen LogP contribution in [-0.2, 0) is 6.54 Å². The predicted octanol–water partition coefficient (Wildman–Crippen LogP) is 3.80. The average molecular weight is 339 g/mol. The Balaban J connectivity index is 2.15. The summed E-state index contributed by atoms with van der Waals surface area (Å²) in [5.41, 5.74) is 2.06. The first-order chi connectivity index (χ1) is 12.2. The van der Waals surface area contributed by atoms with E-state index in [1.807, 2.05) is 24.3 Å². The fraction of sp³-hybridized carbons (Fsp3) is 0.300. The molecule has 2 rings (SSSR count). The summed E-state index contributed by atoms with van der Waals surface area (Å²) in [7, 11) is 2.06. The third kappa shape index (κ3) is 5.43. The predicted molar refractivity (Wildman–Crippen MR) is 99.7 cm³/mol. The third-order valence-corrected chi connectivity index (χ3v) is 3.88. The smallest absolute Gasteiger partial charge is 0.127 e. The molecule has 0 saturated heterocycles. The minimum atomic E-state index is 0.159. The van der Waals surface area contributed by atoms with Gasteiger partial charge >= 0.3 is 0 Å². The molecule has 1 heterocycles. The number of hydrogen-bond donors (Lipinski definition) is 0. The molecule has 5 heteroatoms. The molecule has 132 valence electrons. The molecule has 25 heavy (non-hydrogen) atoms. The van der Waals surface area contributed by atoms with Crippen LogP contribution < -0.4 is 9.47 Å². The van der Waals surface area contributed by atoms with Gasteiger partial charge in [-0.05, 0) is 26.1 Å². The van der Waals surface area contributed by atoms with E-state index in [1.165, 1.54) is 0 Å². The fourth-order valence-corrected chi connectivity index (χ4v) is 2.37. The van der Waals surface area contributed by atoms with Gasteiger partial charge in [0.15, 0.2) is 0 Å². The fourth-order valence-electron chi connectivity index (χ4n) is 2.37. The van der Waals surface area contributed by atoms with Crippen molar-refractivity contribution in [1.29, 1.82) is 0 Å². The van der Waals surface area contributed by atoms with Gasteiger partial charge in [0.05, 0.1) is 5.69 Å². The Morgan fingerprint density at radius 2 is 1.92 bits per heavy atom. The van der Waals surface area contributed by atoms with Gasteiger partial charge in [-0.1, -0.05) is 31.4 Å². The second-order valence-corrected chi connectivity index (χ2v) is 5.69. The van der Waals surface area contributed by atoms with E-state index in [4.69, 9.17) is 9.47 Å². The van der Waals surface area contributed by atoms with Gasteiger partial charge in [0, 0.05) is 30.4 Å². The van der Waals surface area contributed by atoms with E-state index in [0.29, 0.717) is 13.2 Å². The highest BCUT2D eigenvalue weighted by Crippen LogP contribution is 2.28. The van der Waals surface area contributed by atoms with E-state index in [-0.39, 0.29) is 6.04 Å². The van der Waals surface area contributed by atoms with Crippen LogP contribution in [0.1, 0.15) is 24.2 Å².